The average molecular weight is 462 g/mol. The molecule has 1 aromatic rings. The van der Waals surface area contributed by atoms with Crippen molar-refractivity contribution < 1.29 is 9.47 Å². The fraction of sp³-hybridized carbons (Fsp3) is 0.611. The Morgan fingerprint density at radius 3 is 2.16 bits per heavy atom. The SMILES string of the molecule is CCN=C(NC1CCN(c2cc(OC)cc(OC)c2)CC1)N(C)C.I. The molecule has 0 atom stereocenters. The van der Waals surface area contributed by atoms with Crippen LogP contribution in [0, 0.1) is 0 Å². The summed E-state index contributed by atoms with van der Waals surface area (Å²) in [6.45, 7) is 4.86. The van der Waals surface area contributed by atoms with Crippen molar-refractivity contribution in [3.8, 4) is 11.5 Å². The first-order valence-corrected chi connectivity index (χ1v) is 8.53. The molecule has 0 spiro atoms. The Balaban J connectivity index is 0.00000312. The van der Waals surface area contributed by atoms with Gasteiger partial charge in [0.2, 0.25) is 0 Å². The number of hydrogen-bond donors (Lipinski definition) is 1. The number of anilines is 1. The number of guanidine groups is 1. The number of hydrogen-bond acceptors (Lipinski definition) is 4. The van der Waals surface area contributed by atoms with E-state index in [1.54, 1.807) is 14.2 Å². The molecule has 0 aromatic heterocycles. The van der Waals surface area contributed by atoms with E-state index < -0.39 is 0 Å². The molecule has 1 heterocycles. The number of halogens is 1. The lowest BCUT2D eigenvalue weighted by atomic mass is 10.0. The van der Waals surface area contributed by atoms with Gasteiger partial charge in [0, 0.05) is 63.7 Å². The molecule has 0 unspecified atom stereocenters. The molecule has 1 aliphatic heterocycles. The lowest BCUT2D eigenvalue weighted by Crippen LogP contribution is -2.48. The van der Waals surface area contributed by atoms with Crippen LogP contribution in [-0.2, 0) is 0 Å². The van der Waals surface area contributed by atoms with Gasteiger partial charge in [0.25, 0.3) is 0 Å². The highest BCUT2D eigenvalue weighted by atomic mass is 127. The molecular formula is C18H31IN4O2. The van der Waals surface area contributed by atoms with Crippen LogP contribution < -0.4 is 19.7 Å². The summed E-state index contributed by atoms with van der Waals surface area (Å²) in [5, 5.41) is 3.57. The topological polar surface area (TPSA) is 49.3 Å². The van der Waals surface area contributed by atoms with Gasteiger partial charge in [-0.05, 0) is 19.8 Å². The third kappa shape index (κ3) is 6.13. The molecule has 1 aromatic carbocycles. The Morgan fingerprint density at radius 1 is 1.16 bits per heavy atom. The van der Waals surface area contributed by atoms with E-state index >= 15 is 0 Å². The first-order chi connectivity index (χ1) is 11.6. The Bertz CT molecular complexity index is 536. The van der Waals surface area contributed by atoms with Crippen LogP contribution in [0.4, 0.5) is 5.69 Å². The minimum atomic E-state index is 0. The first-order valence-electron chi connectivity index (χ1n) is 8.53. The standard InChI is InChI=1S/C18H30N4O2.HI/c1-6-19-18(21(2)3)20-14-7-9-22(10-8-14)15-11-16(23-4)13-17(12-15)24-5;/h11-14H,6-10H2,1-5H3,(H,19,20);1H. The van der Waals surface area contributed by atoms with Gasteiger partial charge in [-0.15, -0.1) is 24.0 Å². The summed E-state index contributed by atoms with van der Waals surface area (Å²) < 4.78 is 10.7. The van der Waals surface area contributed by atoms with Gasteiger partial charge in [-0.2, -0.15) is 0 Å². The van der Waals surface area contributed by atoms with Crippen molar-refractivity contribution >= 4 is 35.6 Å². The molecule has 142 valence electrons. The second-order valence-corrected chi connectivity index (χ2v) is 6.17. The van der Waals surface area contributed by atoms with Crippen LogP contribution in [0.25, 0.3) is 0 Å². The van der Waals surface area contributed by atoms with Crippen molar-refractivity contribution in [1.82, 2.24) is 10.2 Å². The minimum Gasteiger partial charge on any atom is -0.497 e. The predicted octanol–water partition coefficient (Wildman–Crippen LogP) is 2.82. The lowest BCUT2D eigenvalue weighted by molar-refractivity contribution is 0.393. The van der Waals surface area contributed by atoms with Crippen molar-refractivity contribution in [3.63, 3.8) is 0 Å². The van der Waals surface area contributed by atoms with Gasteiger partial charge in [-0.1, -0.05) is 0 Å². The van der Waals surface area contributed by atoms with Crippen LogP contribution in [0.15, 0.2) is 23.2 Å². The number of benzene rings is 1. The number of methoxy groups -OCH3 is 2. The van der Waals surface area contributed by atoms with Crippen LogP contribution in [0.5, 0.6) is 11.5 Å². The molecule has 2 rings (SSSR count). The van der Waals surface area contributed by atoms with E-state index in [0.717, 1.165) is 55.6 Å². The lowest BCUT2D eigenvalue weighted by Gasteiger charge is -2.35. The quantitative estimate of drug-likeness (QED) is 0.415. The average Bonchev–Trinajstić information content (AvgIpc) is 2.61. The van der Waals surface area contributed by atoms with Crippen molar-refractivity contribution in [2.24, 2.45) is 4.99 Å². The molecule has 7 heteroatoms. The molecule has 0 bridgehead atoms. The second-order valence-electron chi connectivity index (χ2n) is 6.17. The van der Waals surface area contributed by atoms with E-state index in [1.165, 1.54) is 0 Å². The van der Waals surface area contributed by atoms with Gasteiger partial charge in [0.15, 0.2) is 5.96 Å². The Morgan fingerprint density at radius 2 is 1.72 bits per heavy atom. The van der Waals surface area contributed by atoms with Crippen LogP contribution >= 0.6 is 24.0 Å². The maximum atomic E-state index is 5.37. The molecule has 0 saturated carbocycles. The monoisotopic (exact) mass is 462 g/mol. The van der Waals surface area contributed by atoms with Gasteiger partial charge < -0.3 is 24.6 Å². The van der Waals surface area contributed by atoms with Gasteiger partial charge in [0.05, 0.1) is 14.2 Å². The molecule has 0 amide bonds. The largest absolute Gasteiger partial charge is 0.497 e. The predicted molar refractivity (Wildman–Crippen MR) is 115 cm³/mol. The van der Waals surface area contributed by atoms with E-state index in [9.17, 15) is 0 Å². The minimum absolute atomic E-state index is 0. The number of ether oxygens (including phenoxy) is 2. The summed E-state index contributed by atoms with van der Waals surface area (Å²) in [6.07, 6.45) is 2.16. The molecule has 1 saturated heterocycles. The summed E-state index contributed by atoms with van der Waals surface area (Å²) in [5.41, 5.74) is 1.15. The van der Waals surface area contributed by atoms with E-state index in [1.807, 2.05) is 25.1 Å². The summed E-state index contributed by atoms with van der Waals surface area (Å²) in [4.78, 5) is 8.95. The van der Waals surface area contributed by atoms with Gasteiger partial charge >= 0.3 is 0 Å². The first kappa shape index (κ1) is 21.7. The number of aliphatic imine (C=N–C) groups is 1. The molecule has 1 fully saturated rings. The number of rotatable bonds is 5. The highest BCUT2D eigenvalue weighted by Gasteiger charge is 2.21. The number of nitrogens with zero attached hydrogens (tertiary/aromatic N) is 3. The van der Waals surface area contributed by atoms with Gasteiger partial charge in [-0.25, -0.2) is 0 Å². The molecule has 1 N–H and O–H groups in total. The summed E-state index contributed by atoms with van der Waals surface area (Å²) in [7, 11) is 7.42. The van der Waals surface area contributed by atoms with E-state index in [-0.39, 0.29) is 24.0 Å². The van der Waals surface area contributed by atoms with Crippen molar-refractivity contribution in [3.05, 3.63) is 18.2 Å². The molecular weight excluding hydrogens is 431 g/mol. The molecule has 25 heavy (non-hydrogen) atoms. The Kier molecular flexibility index (Phi) is 9.16. The normalized spacial score (nSPS) is 15.4. The zero-order valence-electron chi connectivity index (χ0n) is 15.9. The summed E-state index contributed by atoms with van der Waals surface area (Å²) in [6, 6.07) is 6.50. The highest BCUT2D eigenvalue weighted by molar-refractivity contribution is 14.0. The molecule has 0 aliphatic carbocycles. The van der Waals surface area contributed by atoms with Crippen molar-refractivity contribution in [1.29, 1.82) is 0 Å². The maximum absolute atomic E-state index is 5.37. The number of piperidine rings is 1. The van der Waals surface area contributed by atoms with Gasteiger partial charge in [-0.3, -0.25) is 4.99 Å². The molecule has 1 aliphatic rings. The fourth-order valence-electron chi connectivity index (χ4n) is 2.91. The van der Waals surface area contributed by atoms with Crippen LogP contribution in [0.3, 0.4) is 0 Å². The Labute approximate surface area is 168 Å². The fourth-order valence-corrected chi connectivity index (χ4v) is 2.91. The van der Waals surface area contributed by atoms with Crippen LogP contribution in [0.2, 0.25) is 0 Å². The summed E-state index contributed by atoms with van der Waals surface area (Å²) in [5.74, 6) is 2.63. The zero-order valence-corrected chi connectivity index (χ0v) is 18.2. The third-order valence-corrected chi connectivity index (χ3v) is 4.26. The van der Waals surface area contributed by atoms with Gasteiger partial charge in [0.1, 0.15) is 11.5 Å². The maximum Gasteiger partial charge on any atom is 0.193 e. The molecule has 0 radical (unpaired) electrons. The number of nitrogens with one attached hydrogen (secondary N) is 1. The summed E-state index contributed by atoms with van der Waals surface area (Å²) >= 11 is 0. The van der Waals surface area contributed by atoms with Crippen LogP contribution in [-0.4, -0.2) is 64.9 Å². The van der Waals surface area contributed by atoms with Crippen molar-refractivity contribution in [2.45, 2.75) is 25.8 Å². The smallest absolute Gasteiger partial charge is 0.193 e. The third-order valence-electron chi connectivity index (χ3n) is 4.26. The highest BCUT2D eigenvalue weighted by Crippen LogP contribution is 2.30. The van der Waals surface area contributed by atoms with Crippen LogP contribution in [0.1, 0.15) is 19.8 Å². The second kappa shape index (κ2) is 10.6. The Hall–Kier alpha value is -1.38. The van der Waals surface area contributed by atoms with E-state index in [0.29, 0.717) is 6.04 Å². The molecule has 6 nitrogen and oxygen atoms in total. The van der Waals surface area contributed by atoms with Crippen molar-refractivity contribution in [2.75, 3.05) is 52.8 Å². The van der Waals surface area contributed by atoms with E-state index in [4.69, 9.17) is 9.47 Å². The zero-order chi connectivity index (χ0) is 17.5. The van der Waals surface area contributed by atoms with E-state index in [2.05, 4.69) is 34.3 Å².